The minimum Gasteiger partial charge on any atom is -0.383 e. The molecular formula is C14H26N4O. The van der Waals surface area contributed by atoms with E-state index in [2.05, 4.69) is 39.8 Å². The fourth-order valence-corrected chi connectivity index (χ4v) is 2.74. The lowest BCUT2D eigenvalue weighted by molar-refractivity contribution is 0.190. The first kappa shape index (κ1) is 14.3. The van der Waals surface area contributed by atoms with Crippen molar-refractivity contribution in [3.8, 4) is 0 Å². The van der Waals surface area contributed by atoms with Crippen LogP contribution in [0.1, 0.15) is 20.3 Å². The van der Waals surface area contributed by atoms with Crippen molar-refractivity contribution in [2.24, 2.45) is 5.92 Å². The van der Waals surface area contributed by atoms with Crippen molar-refractivity contribution in [1.82, 2.24) is 14.5 Å². The van der Waals surface area contributed by atoms with Gasteiger partial charge in [0.1, 0.15) is 0 Å². The van der Waals surface area contributed by atoms with Crippen LogP contribution in [0.3, 0.4) is 0 Å². The second kappa shape index (κ2) is 6.91. The third-order valence-electron chi connectivity index (χ3n) is 3.78. The molecule has 19 heavy (non-hydrogen) atoms. The largest absolute Gasteiger partial charge is 0.383 e. The van der Waals surface area contributed by atoms with E-state index < -0.39 is 0 Å². The topological polar surface area (TPSA) is 42.3 Å². The molecule has 5 nitrogen and oxygen atoms in total. The van der Waals surface area contributed by atoms with Crippen LogP contribution in [-0.4, -0.2) is 53.8 Å². The number of hydrogen-bond acceptors (Lipinski definition) is 4. The van der Waals surface area contributed by atoms with Gasteiger partial charge in [-0.3, -0.25) is 0 Å². The van der Waals surface area contributed by atoms with E-state index in [-0.39, 0.29) is 6.04 Å². The number of ether oxygens (including phenoxy) is 1. The molecule has 1 aromatic heterocycles. The molecule has 2 rings (SSSR count). The number of likely N-dealkylation sites (tertiary alicyclic amines) is 1. The zero-order valence-corrected chi connectivity index (χ0v) is 12.3. The highest BCUT2D eigenvalue weighted by atomic mass is 16.5. The molecule has 108 valence electrons. The van der Waals surface area contributed by atoms with Crippen molar-refractivity contribution in [1.29, 1.82) is 0 Å². The predicted octanol–water partition coefficient (Wildman–Crippen LogP) is 1.67. The predicted molar refractivity (Wildman–Crippen MR) is 77.4 cm³/mol. The molecule has 2 heterocycles. The number of anilines is 1. The molecule has 0 amide bonds. The molecule has 0 saturated carbocycles. The highest BCUT2D eigenvalue weighted by molar-refractivity contribution is 5.27. The van der Waals surface area contributed by atoms with Crippen molar-refractivity contribution < 1.29 is 4.74 Å². The molecule has 1 aliphatic rings. The molecule has 0 radical (unpaired) electrons. The van der Waals surface area contributed by atoms with Gasteiger partial charge in [-0.15, -0.1) is 0 Å². The summed E-state index contributed by atoms with van der Waals surface area (Å²) in [6.07, 6.45) is 5.23. The Labute approximate surface area is 116 Å². The fourth-order valence-electron chi connectivity index (χ4n) is 2.74. The second-order valence-electron chi connectivity index (χ2n) is 5.45. The van der Waals surface area contributed by atoms with Crippen LogP contribution in [0.4, 0.5) is 5.95 Å². The fraction of sp³-hybridized carbons (Fsp3) is 0.786. The number of methoxy groups -OCH3 is 1. The van der Waals surface area contributed by atoms with Crippen molar-refractivity contribution in [3.05, 3.63) is 12.4 Å². The average molecular weight is 266 g/mol. The SMILES string of the molecule is CCN1CCC(Cn2ccnc2NC(C)COC)C1. The number of hydrogen-bond donors (Lipinski definition) is 1. The van der Waals surface area contributed by atoms with E-state index in [1.54, 1.807) is 7.11 Å². The molecule has 0 spiro atoms. The van der Waals surface area contributed by atoms with Crippen molar-refractivity contribution >= 4 is 5.95 Å². The molecule has 2 atom stereocenters. The Balaban J connectivity index is 1.89. The Bertz CT molecular complexity index is 379. The number of nitrogens with one attached hydrogen (secondary N) is 1. The number of rotatable bonds is 7. The van der Waals surface area contributed by atoms with E-state index in [0.29, 0.717) is 6.61 Å². The summed E-state index contributed by atoms with van der Waals surface area (Å²) in [6.45, 7) is 9.70. The van der Waals surface area contributed by atoms with Gasteiger partial charge < -0.3 is 19.5 Å². The van der Waals surface area contributed by atoms with Gasteiger partial charge >= 0.3 is 0 Å². The highest BCUT2D eigenvalue weighted by Crippen LogP contribution is 2.19. The average Bonchev–Trinajstić information content (AvgIpc) is 3.00. The van der Waals surface area contributed by atoms with Gasteiger partial charge in [0, 0.05) is 38.6 Å². The van der Waals surface area contributed by atoms with Crippen LogP contribution in [-0.2, 0) is 11.3 Å². The summed E-state index contributed by atoms with van der Waals surface area (Å²) in [5, 5.41) is 3.40. The summed E-state index contributed by atoms with van der Waals surface area (Å²) in [4.78, 5) is 6.92. The van der Waals surface area contributed by atoms with Crippen LogP contribution in [0.25, 0.3) is 0 Å². The third-order valence-corrected chi connectivity index (χ3v) is 3.78. The highest BCUT2D eigenvalue weighted by Gasteiger charge is 2.22. The molecule has 1 aromatic rings. The van der Waals surface area contributed by atoms with Gasteiger partial charge in [0.25, 0.3) is 0 Å². The van der Waals surface area contributed by atoms with Gasteiger partial charge in [0.15, 0.2) is 0 Å². The summed E-state index contributed by atoms with van der Waals surface area (Å²) >= 11 is 0. The van der Waals surface area contributed by atoms with E-state index in [0.717, 1.165) is 25.0 Å². The first-order valence-electron chi connectivity index (χ1n) is 7.21. The molecular weight excluding hydrogens is 240 g/mol. The maximum absolute atomic E-state index is 5.15. The van der Waals surface area contributed by atoms with Gasteiger partial charge in [-0.2, -0.15) is 0 Å². The van der Waals surface area contributed by atoms with E-state index in [1.165, 1.54) is 19.5 Å². The lowest BCUT2D eigenvalue weighted by Gasteiger charge is -2.18. The Hall–Kier alpha value is -1.07. The molecule has 5 heteroatoms. The Kier molecular flexibility index (Phi) is 5.22. The summed E-state index contributed by atoms with van der Waals surface area (Å²) in [5.74, 6) is 1.70. The molecule has 1 fully saturated rings. The van der Waals surface area contributed by atoms with Crippen molar-refractivity contribution in [3.63, 3.8) is 0 Å². The molecule has 0 bridgehead atoms. The lowest BCUT2D eigenvalue weighted by Crippen LogP contribution is -2.25. The summed E-state index contributed by atoms with van der Waals surface area (Å²) in [5.41, 5.74) is 0. The molecule has 0 aromatic carbocycles. The minimum absolute atomic E-state index is 0.280. The van der Waals surface area contributed by atoms with Crippen molar-refractivity contribution in [2.45, 2.75) is 32.9 Å². The van der Waals surface area contributed by atoms with Gasteiger partial charge in [0.05, 0.1) is 6.61 Å². The molecule has 0 aliphatic carbocycles. The molecule has 2 unspecified atom stereocenters. The maximum Gasteiger partial charge on any atom is 0.203 e. The number of nitrogens with zero attached hydrogens (tertiary/aromatic N) is 3. The van der Waals surface area contributed by atoms with Crippen molar-refractivity contribution in [2.75, 3.05) is 38.7 Å². The van der Waals surface area contributed by atoms with Gasteiger partial charge in [-0.25, -0.2) is 4.98 Å². The second-order valence-corrected chi connectivity index (χ2v) is 5.45. The third kappa shape index (κ3) is 3.94. The van der Waals surface area contributed by atoms with E-state index >= 15 is 0 Å². The first-order valence-corrected chi connectivity index (χ1v) is 7.21. The quantitative estimate of drug-likeness (QED) is 0.815. The van der Waals surface area contributed by atoms with Gasteiger partial charge in [0.2, 0.25) is 5.95 Å². The van der Waals surface area contributed by atoms with Crippen LogP contribution >= 0.6 is 0 Å². The van der Waals surface area contributed by atoms with Crippen LogP contribution in [0.15, 0.2) is 12.4 Å². The first-order chi connectivity index (χ1) is 9.22. The van der Waals surface area contributed by atoms with Crippen LogP contribution < -0.4 is 5.32 Å². The standard InChI is InChI=1S/C14H26N4O/c1-4-17-7-5-13(9-17)10-18-8-6-15-14(18)16-12(2)11-19-3/h6,8,12-13H,4-5,7,9-11H2,1-3H3,(H,15,16). The Morgan fingerprint density at radius 1 is 1.58 bits per heavy atom. The Morgan fingerprint density at radius 2 is 2.42 bits per heavy atom. The normalized spacial score (nSPS) is 21.7. The lowest BCUT2D eigenvalue weighted by atomic mass is 10.1. The molecule has 1 saturated heterocycles. The van der Waals surface area contributed by atoms with Crippen LogP contribution in [0.2, 0.25) is 0 Å². The van der Waals surface area contributed by atoms with Crippen LogP contribution in [0, 0.1) is 5.92 Å². The number of imidazole rings is 1. The molecule has 1 N–H and O–H groups in total. The van der Waals surface area contributed by atoms with Gasteiger partial charge in [-0.1, -0.05) is 6.92 Å². The maximum atomic E-state index is 5.15. The van der Waals surface area contributed by atoms with E-state index in [9.17, 15) is 0 Å². The zero-order chi connectivity index (χ0) is 13.7. The monoisotopic (exact) mass is 266 g/mol. The molecule has 1 aliphatic heterocycles. The smallest absolute Gasteiger partial charge is 0.203 e. The summed E-state index contributed by atoms with van der Waals surface area (Å²) in [7, 11) is 1.72. The number of aromatic nitrogens is 2. The zero-order valence-electron chi connectivity index (χ0n) is 12.3. The summed E-state index contributed by atoms with van der Waals surface area (Å²) in [6, 6.07) is 0.280. The van der Waals surface area contributed by atoms with Gasteiger partial charge in [-0.05, 0) is 32.4 Å². The Morgan fingerprint density at radius 3 is 3.11 bits per heavy atom. The minimum atomic E-state index is 0.280. The summed E-state index contributed by atoms with van der Waals surface area (Å²) < 4.78 is 7.38. The van der Waals surface area contributed by atoms with Crippen LogP contribution in [0.5, 0.6) is 0 Å². The van der Waals surface area contributed by atoms with E-state index in [1.807, 2.05) is 6.20 Å². The van der Waals surface area contributed by atoms with E-state index in [4.69, 9.17) is 4.74 Å².